The van der Waals surface area contributed by atoms with Crippen molar-refractivity contribution in [3.05, 3.63) is 0 Å². The fourth-order valence-electron chi connectivity index (χ4n) is 1.77. The van der Waals surface area contributed by atoms with Crippen LogP contribution in [0.2, 0.25) is 0 Å². The van der Waals surface area contributed by atoms with Gasteiger partial charge in [0.15, 0.2) is 9.84 Å². The number of rotatable bonds is 4. The third kappa shape index (κ3) is 3.19. The zero-order chi connectivity index (χ0) is 12.2. The van der Waals surface area contributed by atoms with Gasteiger partial charge in [0, 0.05) is 6.61 Å². The van der Waals surface area contributed by atoms with Crippen molar-refractivity contribution >= 4 is 9.84 Å². The summed E-state index contributed by atoms with van der Waals surface area (Å²) in [6.45, 7) is 4.40. The second kappa shape index (κ2) is 5.15. The van der Waals surface area contributed by atoms with Gasteiger partial charge in [-0.3, -0.25) is 0 Å². The summed E-state index contributed by atoms with van der Waals surface area (Å²) < 4.78 is 28.6. The molecule has 1 aliphatic heterocycles. The number of nitriles is 1. The summed E-state index contributed by atoms with van der Waals surface area (Å²) in [6.07, 6.45) is 1.98. The van der Waals surface area contributed by atoms with Gasteiger partial charge in [0.1, 0.15) is 0 Å². The van der Waals surface area contributed by atoms with Crippen molar-refractivity contribution in [2.45, 2.75) is 38.4 Å². The van der Waals surface area contributed by atoms with Crippen molar-refractivity contribution in [1.82, 2.24) is 0 Å². The number of ether oxygens (including phenoxy) is 1. The molecular formula is C11H19NO3S. The van der Waals surface area contributed by atoms with Crippen LogP contribution in [-0.4, -0.2) is 32.6 Å². The first-order valence-electron chi connectivity index (χ1n) is 5.62. The van der Waals surface area contributed by atoms with Gasteiger partial charge in [0.05, 0.1) is 29.1 Å². The minimum absolute atomic E-state index is 0.0849. The highest BCUT2D eigenvalue weighted by Gasteiger charge is 2.34. The molecule has 1 heterocycles. The molecule has 0 saturated carbocycles. The molecule has 0 amide bonds. The Morgan fingerprint density at radius 2 is 2.19 bits per heavy atom. The predicted octanol–water partition coefficient (Wildman–Crippen LogP) is 1.52. The van der Waals surface area contributed by atoms with Crippen LogP contribution in [0.1, 0.15) is 33.1 Å². The van der Waals surface area contributed by atoms with Gasteiger partial charge in [-0.15, -0.1) is 0 Å². The molecule has 16 heavy (non-hydrogen) atoms. The Labute approximate surface area is 97.5 Å². The molecule has 5 heteroatoms. The second-order valence-corrected chi connectivity index (χ2v) is 7.39. The topological polar surface area (TPSA) is 67.2 Å². The van der Waals surface area contributed by atoms with Gasteiger partial charge in [-0.2, -0.15) is 5.26 Å². The van der Waals surface area contributed by atoms with Crippen LogP contribution in [0.4, 0.5) is 0 Å². The maximum Gasteiger partial charge on any atom is 0.152 e. The summed E-state index contributed by atoms with van der Waals surface area (Å²) in [5, 5.41) is 8.78. The molecule has 0 N–H and O–H groups in total. The zero-order valence-corrected chi connectivity index (χ0v) is 10.7. The van der Waals surface area contributed by atoms with Crippen LogP contribution < -0.4 is 0 Å². The normalized spacial score (nSPS) is 26.6. The SMILES string of the molecule is CC(C)S(=O)(=O)CCC1(C#N)CCCOC1. The summed E-state index contributed by atoms with van der Waals surface area (Å²) in [6, 6.07) is 2.24. The molecular weight excluding hydrogens is 226 g/mol. The molecule has 0 radical (unpaired) electrons. The Morgan fingerprint density at radius 1 is 1.50 bits per heavy atom. The number of hydrogen-bond donors (Lipinski definition) is 0. The number of sulfone groups is 1. The van der Waals surface area contributed by atoms with Gasteiger partial charge in [0.25, 0.3) is 0 Å². The molecule has 0 bridgehead atoms. The molecule has 0 aromatic heterocycles. The summed E-state index contributed by atoms with van der Waals surface area (Å²) in [7, 11) is -3.05. The highest BCUT2D eigenvalue weighted by molar-refractivity contribution is 7.91. The molecule has 1 fully saturated rings. The van der Waals surface area contributed by atoms with Crippen LogP contribution in [0, 0.1) is 16.7 Å². The Balaban J connectivity index is 2.62. The number of nitrogens with zero attached hydrogens (tertiary/aromatic N) is 1. The van der Waals surface area contributed by atoms with Gasteiger partial charge in [-0.1, -0.05) is 0 Å². The van der Waals surface area contributed by atoms with Gasteiger partial charge in [0.2, 0.25) is 0 Å². The average molecular weight is 245 g/mol. The predicted molar refractivity (Wildman–Crippen MR) is 61.6 cm³/mol. The van der Waals surface area contributed by atoms with E-state index >= 15 is 0 Å². The lowest BCUT2D eigenvalue weighted by atomic mass is 9.82. The zero-order valence-electron chi connectivity index (χ0n) is 9.90. The highest BCUT2D eigenvalue weighted by Crippen LogP contribution is 2.32. The summed E-state index contributed by atoms with van der Waals surface area (Å²) >= 11 is 0. The molecule has 92 valence electrons. The van der Waals surface area contributed by atoms with Crippen LogP contribution in [0.15, 0.2) is 0 Å². The molecule has 0 spiro atoms. The lowest BCUT2D eigenvalue weighted by molar-refractivity contribution is 0.0208. The van der Waals surface area contributed by atoms with Crippen LogP contribution in [0.5, 0.6) is 0 Å². The first-order valence-corrected chi connectivity index (χ1v) is 7.34. The Bertz CT molecular complexity index is 361. The van der Waals surface area contributed by atoms with E-state index in [1.165, 1.54) is 0 Å². The van der Waals surface area contributed by atoms with Crippen molar-refractivity contribution in [2.75, 3.05) is 19.0 Å². The van der Waals surface area contributed by atoms with Crippen LogP contribution in [0.25, 0.3) is 0 Å². The molecule has 4 nitrogen and oxygen atoms in total. The van der Waals surface area contributed by atoms with Crippen LogP contribution in [-0.2, 0) is 14.6 Å². The van der Waals surface area contributed by atoms with E-state index in [2.05, 4.69) is 6.07 Å². The van der Waals surface area contributed by atoms with E-state index in [0.717, 1.165) is 12.8 Å². The molecule has 1 atom stereocenters. The maximum atomic E-state index is 11.7. The van der Waals surface area contributed by atoms with Gasteiger partial charge in [-0.05, 0) is 33.1 Å². The third-order valence-corrected chi connectivity index (χ3v) is 5.35. The highest BCUT2D eigenvalue weighted by atomic mass is 32.2. The van der Waals surface area contributed by atoms with Crippen LogP contribution >= 0.6 is 0 Å². The Hall–Kier alpha value is -0.600. The first kappa shape index (κ1) is 13.5. The fourth-order valence-corrected chi connectivity index (χ4v) is 2.91. The van der Waals surface area contributed by atoms with Gasteiger partial charge in [-0.25, -0.2) is 8.42 Å². The van der Waals surface area contributed by atoms with Crippen molar-refractivity contribution < 1.29 is 13.2 Å². The second-order valence-electron chi connectivity index (χ2n) is 4.71. The Morgan fingerprint density at radius 3 is 2.62 bits per heavy atom. The lowest BCUT2D eigenvalue weighted by Gasteiger charge is -2.30. The maximum absolute atomic E-state index is 11.7. The van der Waals surface area contributed by atoms with E-state index in [1.54, 1.807) is 13.8 Å². The summed E-state index contributed by atoms with van der Waals surface area (Å²) in [4.78, 5) is 0. The molecule has 0 aliphatic carbocycles. The molecule has 0 aromatic rings. The largest absolute Gasteiger partial charge is 0.380 e. The van der Waals surface area contributed by atoms with E-state index in [9.17, 15) is 8.42 Å². The van der Waals surface area contributed by atoms with Gasteiger partial charge < -0.3 is 4.74 Å². The molecule has 1 aliphatic rings. The number of hydrogen-bond acceptors (Lipinski definition) is 4. The molecule has 1 saturated heterocycles. The van der Waals surface area contributed by atoms with Crippen LogP contribution in [0.3, 0.4) is 0 Å². The van der Waals surface area contributed by atoms with Crippen molar-refractivity contribution in [3.8, 4) is 6.07 Å². The summed E-state index contributed by atoms with van der Waals surface area (Å²) in [5.41, 5.74) is -0.583. The van der Waals surface area contributed by atoms with E-state index in [0.29, 0.717) is 19.6 Å². The van der Waals surface area contributed by atoms with Gasteiger partial charge >= 0.3 is 0 Å². The van der Waals surface area contributed by atoms with Crippen molar-refractivity contribution in [1.29, 1.82) is 5.26 Å². The summed E-state index contributed by atoms with van der Waals surface area (Å²) in [5.74, 6) is 0.0849. The quantitative estimate of drug-likeness (QED) is 0.753. The van der Waals surface area contributed by atoms with E-state index in [1.807, 2.05) is 0 Å². The monoisotopic (exact) mass is 245 g/mol. The smallest absolute Gasteiger partial charge is 0.152 e. The van der Waals surface area contributed by atoms with E-state index < -0.39 is 15.3 Å². The lowest BCUT2D eigenvalue weighted by Crippen LogP contribution is -2.33. The average Bonchev–Trinajstić information content (AvgIpc) is 2.28. The van der Waals surface area contributed by atoms with E-state index in [4.69, 9.17) is 10.00 Å². The molecule has 0 aromatic carbocycles. The molecule has 1 unspecified atom stereocenters. The minimum Gasteiger partial charge on any atom is -0.380 e. The molecule has 1 rings (SSSR count). The van der Waals surface area contributed by atoms with Crippen molar-refractivity contribution in [2.24, 2.45) is 5.41 Å². The minimum atomic E-state index is -3.05. The van der Waals surface area contributed by atoms with E-state index in [-0.39, 0.29) is 11.0 Å². The standard InChI is InChI=1S/C11H19NO3S/c1-10(2)16(13,14)7-5-11(8-12)4-3-6-15-9-11/h10H,3-7,9H2,1-2H3. The van der Waals surface area contributed by atoms with Crippen molar-refractivity contribution in [3.63, 3.8) is 0 Å². The Kier molecular flexibility index (Phi) is 4.34. The third-order valence-electron chi connectivity index (χ3n) is 3.14. The fraction of sp³-hybridized carbons (Fsp3) is 0.909. The first-order chi connectivity index (χ1) is 7.42.